The number of imidazole rings is 1. The number of aromatic amines is 1. The maximum Gasteiger partial charge on any atom is 0.335 e. The minimum Gasteiger partial charge on any atom is -0.478 e. The topological polar surface area (TPSA) is 69.2 Å². The molecule has 106 valence electrons. The molecule has 20 heavy (non-hydrogen) atoms. The molecule has 0 unspecified atom stereocenters. The first kappa shape index (κ1) is 13.1. The van der Waals surface area contributed by atoms with Crippen LogP contribution < -0.4 is 0 Å². The summed E-state index contributed by atoms with van der Waals surface area (Å²) in [6.07, 6.45) is 5.14. The number of H-pyrrole nitrogens is 1. The fraction of sp³-hybridized carbons (Fsp3) is 0.467. The van der Waals surface area contributed by atoms with Gasteiger partial charge in [-0.15, -0.1) is 0 Å². The Morgan fingerprint density at radius 3 is 2.70 bits per heavy atom. The Morgan fingerprint density at radius 1 is 1.25 bits per heavy atom. The van der Waals surface area contributed by atoms with Gasteiger partial charge in [0.25, 0.3) is 0 Å². The number of rotatable bonds is 3. The van der Waals surface area contributed by atoms with Crippen molar-refractivity contribution in [1.82, 2.24) is 14.9 Å². The molecule has 5 nitrogen and oxygen atoms in total. The van der Waals surface area contributed by atoms with Gasteiger partial charge in [0.15, 0.2) is 0 Å². The van der Waals surface area contributed by atoms with Gasteiger partial charge in [0.05, 0.1) is 23.1 Å². The number of aromatic carboxylic acids is 1. The number of nitrogens with zero attached hydrogens (tertiary/aromatic N) is 2. The van der Waals surface area contributed by atoms with Gasteiger partial charge in [-0.25, -0.2) is 9.78 Å². The molecular weight excluding hydrogens is 254 g/mol. The molecule has 2 N–H and O–H groups in total. The second-order valence-electron chi connectivity index (χ2n) is 5.41. The number of likely N-dealkylation sites (tertiary alicyclic amines) is 1. The van der Waals surface area contributed by atoms with Gasteiger partial charge in [-0.05, 0) is 44.1 Å². The maximum absolute atomic E-state index is 11.0. The smallest absolute Gasteiger partial charge is 0.335 e. The molecule has 3 rings (SSSR count). The molecule has 5 heteroatoms. The molecule has 1 fully saturated rings. The van der Waals surface area contributed by atoms with Crippen LogP contribution in [0.5, 0.6) is 0 Å². The summed E-state index contributed by atoms with van der Waals surface area (Å²) in [5.41, 5.74) is 1.93. The van der Waals surface area contributed by atoms with Gasteiger partial charge < -0.3 is 10.1 Å². The maximum atomic E-state index is 11.0. The summed E-state index contributed by atoms with van der Waals surface area (Å²) in [4.78, 5) is 21.2. The van der Waals surface area contributed by atoms with E-state index in [-0.39, 0.29) is 0 Å². The van der Waals surface area contributed by atoms with E-state index in [2.05, 4.69) is 14.9 Å². The van der Waals surface area contributed by atoms with Crippen molar-refractivity contribution >= 4 is 17.0 Å². The molecule has 1 aliphatic rings. The second-order valence-corrected chi connectivity index (χ2v) is 5.41. The Balaban J connectivity index is 1.79. The van der Waals surface area contributed by atoms with Crippen LogP contribution in [0.25, 0.3) is 11.0 Å². The third-order valence-corrected chi connectivity index (χ3v) is 3.85. The van der Waals surface area contributed by atoms with E-state index >= 15 is 0 Å². The van der Waals surface area contributed by atoms with Crippen molar-refractivity contribution < 1.29 is 9.90 Å². The van der Waals surface area contributed by atoms with Crippen LogP contribution in [-0.4, -0.2) is 39.0 Å². The van der Waals surface area contributed by atoms with E-state index in [0.29, 0.717) is 5.56 Å². The SMILES string of the molecule is O=C(O)c1ccc2nc(CN3CCCCCC3)[nH]c2c1. The molecule has 0 saturated carbocycles. The average Bonchev–Trinajstić information content (AvgIpc) is 2.64. The first-order valence-corrected chi connectivity index (χ1v) is 7.17. The van der Waals surface area contributed by atoms with Gasteiger partial charge in [-0.3, -0.25) is 4.90 Å². The molecule has 1 aliphatic heterocycles. The van der Waals surface area contributed by atoms with Crippen molar-refractivity contribution in [3.05, 3.63) is 29.6 Å². The zero-order valence-corrected chi connectivity index (χ0v) is 11.4. The summed E-state index contributed by atoms with van der Waals surface area (Å²) >= 11 is 0. The van der Waals surface area contributed by atoms with E-state index in [4.69, 9.17) is 5.11 Å². The Hall–Kier alpha value is -1.88. The van der Waals surface area contributed by atoms with Crippen LogP contribution in [0.4, 0.5) is 0 Å². The molecule has 0 radical (unpaired) electrons. The molecule has 1 aromatic heterocycles. The molecule has 2 heterocycles. The fourth-order valence-corrected chi connectivity index (χ4v) is 2.78. The van der Waals surface area contributed by atoms with E-state index in [1.807, 2.05) is 0 Å². The molecule has 0 amide bonds. The number of aromatic nitrogens is 2. The predicted molar refractivity (Wildman–Crippen MR) is 76.8 cm³/mol. The number of nitrogens with one attached hydrogen (secondary N) is 1. The Bertz CT molecular complexity index is 613. The highest BCUT2D eigenvalue weighted by atomic mass is 16.4. The van der Waals surface area contributed by atoms with Crippen molar-refractivity contribution in [1.29, 1.82) is 0 Å². The zero-order chi connectivity index (χ0) is 13.9. The highest BCUT2D eigenvalue weighted by Crippen LogP contribution is 2.16. The molecule has 1 saturated heterocycles. The lowest BCUT2D eigenvalue weighted by Gasteiger charge is -2.17. The molecular formula is C15H19N3O2. The van der Waals surface area contributed by atoms with E-state index in [9.17, 15) is 4.79 Å². The van der Waals surface area contributed by atoms with E-state index in [0.717, 1.165) is 36.5 Å². The number of fused-ring (bicyclic) bond motifs is 1. The summed E-state index contributed by atoms with van der Waals surface area (Å²) in [6.45, 7) is 3.06. The number of carbonyl (C=O) groups is 1. The van der Waals surface area contributed by atoms with Crippen LogP contribution >= 0.6 is 0 Å². The molecule has 2 aromatic rings. The van der Waals surface area contributed by atoms with Crippen LogP contribution in [-0.2, 0) is 6.54 Å². The summed E-state index contributed by atoms with van der Waals surface area (Å²) in [5.74, 6) is 0.0139. The number of carboxylic acid groups (broad SMARTS) is 1. The van der Waals surface area contributed by atoms with Gasteiger partial charge >= 0.3 is 5.97 Å². The Labute approximate surface area is 117 Å². The number of hydrogen-bond donors (Lipinski definition) is 2. The lowest BCUT2D eigenvalue weighted by Crippen LogP contribution is -2.24. The third-order valence-electron chi connectivity index (χ3n) is 3.85. The lowest BCUT2D eigenvalue weighted by atomic mass is 10.2. The monoisotopic (exact) mass is 273 g/mol. The molecule has 0 aliphatic carbocycles. The molecule has 0 spiro atoms. The molecule has 1 aromatic carbocycles. The predicted octanol–water partition coefficient (Wildman–Crippen LogP) is 2.64. The number of benzene rings is 1. The van der Waals surface area contributed by atoms with Crippen molar-refractivity contribution in [3.63, 3.8) is 0 Å². The van der Waals surface area contributed by atoms with Crippen molar-refractivity contribution in [2.24, 2.45) is 0 Å². The van der Waals surface area contributed by atoms with Crippen molar-refractivity contribution in [3.8, 4) is 0 Å². The van der Waals surface area contributed by atoms with Crippen LogP contribution in [0.3, 0.4) is 0 Å². The number of carboxylic acids is 1. The van der Waals surface area contributed by atoms with Crippen molar-refractivity contribution in [2.75, 3.05) is 13.1 Å². The Morgan fingerprint density at radius 2 is 2.00 bits per heavy atom. The van der Waals surface area contributed by atoms with E-state index in [1.54, 1.807) is 18.2 Å². The lowest BCUT2D eigenvalue weighted by molar-refractivity contribution is 0.0697. The van der Waals surface area contributed by atoms with Crippen LogP contribution in [0.15, 0.2) is 18.2 Å². The summed E-state index contributed by atoms with van der Waals surface area (Å²) in [7, 11) is 0. The van der Waals surface area contributed by atoms with Crippen molar-refractivity contribution in [2.45, 2.75) is 32.2 Å². The van der Waals surface area contributed by atoms with Gasteiger partial charge in [-0.1, -0.05) is 12.8 Å². The standard InChI is InChI=1S/C15H19N3O2/c19-15(20)11-5-6-12-13(9-11)17-14(16-12)10-18-7-3-1-2-4-8-18/h5-6,9H,1-4,7-8,10H2,(H,16,17)(H,19,20). The first-order valence-electron chi connectivity index (χ1n) is 7.17. The first-order chi connectivity index (χ1) is 9.72. The summed E-state index contributed by atoms with van der Waals surface area (Å²) in [5, 5.41) is 9.00. The fourth-order valence-electron chi connectivity index (χ4n) is 2.78. The van der Waals surface area contributed by atoms with Crippen LogP contribution in [0, 0.1) is 0 Å². The minimum absolute atomic E-state index is 0.294. The van der Waals surface area contributed by atoms with E-state index < -0.39 is 5.97 Å². The Kier molecular flexibility index (Phi) is 3.69. The number of hydrogen-bond acceptors (Lipinski definition) is 3. The average molecular weight is 273 g/mol. The largest absolute Gasteiger partial charge is 0.478 e. The van der Waals surface area contributed by atoms with Crippen LogP contribution in [0.2, 0.25) is 0 Å². The van der Waals surface area contributed by atoms with Gasteiger partial charge in [-0.2, -0.15) is 0 Å². The quantitative estimate of drug-likeness (QED) is 0.902. The van der Waals surface area contributed by atoms with Gasteiger partial charge in [0.1, 0.15) is 5.82 Å². The second kappa shape index (κ2) is 5.63. The van der Waals surface area contributed by atoms with Crippen LogP contribution in [0.1, 0.15) is 41.9 Å². The highest BCUT2D eigenvalue weighted by Gasteiger charge is 2.12. The summed E-state index contributed by atoms with van der Waals surface area (Å²) < 4.78 is 0. The summed E-state index contributed by atoms with van der Waals surface area (Å²) in [6, 6.07) is 5.01. The highest BCUT2D eigenvalue weighted by molar-refractivity contribution is 5.92. The normalized spacial score (nSPS) is 17.2. The third kappa shape index (κ3) is 2.82. The van der Waals surface area contributed by atoms with E-state index in [1.165, 1.54) is 25.7 Å². The molecule has 0 atom stereocenters. The zero-order valence-electron chi connectivity index (χ0n) is 11.4. The minimum atomic E-state index is -0.907. The van der Waals surface area contributed by atoms with Gasteiger partial charge in [0.2, 0.25) is 0 Å². The molecule has 0 bridgehead atoms. The van der Waals surface area contributed by atoms with Gasteiger partial charge in [0, 0.05) is 0 Å².